The number of benzene rings is 3. The van der Waals surface area contributed by atoms with Crippen molar-refractivity contribution in [3.05, 3.63) is 107 Å². The molecule has 0 aliphatic carbocycles. The number of Topliss-reactive ketones (excluding diaryl/α,β-unsaturated/α-hetero) is 1. The zero-order valence-electron chi connectivity index (χ0n) is 19.5. The number of fused-ring (bicyclic) bond motifs is 1. The van der Waals surface area contributed by atoms with Crippen molar-refractivity contribution in [3.63, 3.8) is 0 Å². The minimum Gasteiger partial charge on any atom is -0.503 e. The lowest BCUT2D eigenvalue weighted by molar-refractivity contribution is -0.117. The lowest BCUT2D eigenvalue weighted by Gasteiger charge is -2.27. The third-order valence-electron chi connectivity index (χ3n) is 6.02. The number of aliphatic hydroxyl groups excluding tert-OH is 1. The number of rotatable bonds is 7. The van der Waals surface area contributed by atoms with Gasteiger partial charge in [-0.15, -0.1) is 0 Å². The van der Waals surface area contributed by atoms with Crippen LogP contribution < -0.4 is 9.64 Å². The third-order valence-corrected chi connectivity index (χ3v) is 6.02. The van der Waals surface area contributed by atoms with Gasteiger partial charge in [-0.3, -0.25) is 14.5 Å². The van der Waals surface area contributed by atoms with Crippen LogP contribution in [-0.2, 0) is 4.79 Å². The van der Waals surface area contributed by atoms with E-state index in [1.807, 2.05) is 25.1 Å². The van der Waals surface area contributed by atoms with Crippen molar-refractivity contribution >= 4 is 28.3 Å². The number of nitriles is 1. The molecule has 3 aromatic carbocycles. The lowest BCUT2D eigenvalue weighted by Crippen LogP contribution is -2.31. The predicted octanol–water partition coefficient (Wildman–Crippen LogP) is 5.88. The molecule has 36 heavy (non-hydrogen) atoms. The van der Waals surface area contributed by atoms with Crippen LogP contribution in [0.25, 0.3) is 11.0 Å². The molecule has 178 valence electrons. The molecule has 1 amide bonds. The molecule has 0 saturated carbocycles. The molecule has 0 fully saturated rings. The van der Waals surface area contributed by atoms with E-state index < -0.39 is 23.5 Å². The number of nitrogens with zero attached hydrogens (tertiary/aromatic N) is 2. The fourth-order valence-corrected chi connectivity index (χ4v) is 4.34. The quantitative estimate of drug-likeness (QED) is 0.333. The van der Waals surface area contributed by atoms with Crippen LogP contribution in [-0.4, -0.2) is 23.4 Å². The summed E-state index contributed by atoms with van der Waals surface area (Å²) in [6.45, 7) is 2.51. The van der Waals surface area contributed by atoms with Gasteiger partial charge in [-0.2, -0.15) is 5.26 Å². The van der Waals surface area contributed by atoms with E-state index in [2.05, 4.69) is 0 Å². The summed E-state index contributed by atoms with van der Waals surface area (Å²) in [5, 5.41) is 20.9. The Morgan fingerprint density at radius 3 is 2.58 bits per heavy atom. The summed E-state index contributed by atoms with van der Waals surface area (Å²) in [5.74, 6) is -1.34. The molecule has 1 N–H and O–H groups in total. The van der Waals surface area contributed by atoms with Crippen molar-refractivity contribution in [2.45, 2.75) is 19.4 Å². The van der Waals surface area contributed by atoms with Gasteiger partial charge in [0.2, 0.25) is 5.78 Å². The third kappa shape index (κ3) is 3.99. The zero-order chi connectivity index (χ0) is 25.2. The first kappa shape index (κ1) is 22.9. The number of hydrogen-bond donors (Lipinski definition) is 1. The average Bonchev–Trinajstić information content (AvgIpc) is 3.46. The molecular weight excluding hydrogens is 456 g/mol. The fourth-order valence-electron chi connectivity index (χ4n) is 4.34. The molecule has 7 heteroatoms. The maximum Gasteiger partial charge on any atom is 0.294 e. The number of carbonyl (C=O) groups excluding carboxylic acids is 2. The summed E-state index contributed by atoms with van der Waals surface area (Å²) in [7, 11) is 0. The normalized spacial score (nSPS) is 15.4. The standard InChI is InChI=1S/C29H22N2O5/c1-2-14-35-22-8-5-7-20(15-22)26-25(27(32)24-16-19-6-3-4-9-23(19)36-24)28(33)29(34)31(26)21-12-10-18(17-30)11-13-21/h3-13,15-16,26,33H,2,14H2,1H3. The van der Waals surface area contributed by atoms with Crippen molar-refractivity contribution in [1.82, 2.24) is 0 Å². The minimum absolute atomic E-state index is 0.0237. The first-order chi connectivity index (χ1) is 17.5. The zero-order valence-corrected chi connectivity index (χ0v) is 19.5. The van der Waals surface area contributed by atoms with Gasteiger partial charge in [-0.05, 0) is 60.5 Å². The molecule has 1 unspecified atom stereocenters. The number of amides is 1. The first-order valence-corrected chi connectivity index (χ1v) is 11.5. The number of furan rings is 1. The van der Waals surface area contributed by atoms with Crippen LogP contribution in [0.3, 0.4) is 0 Å². The summed E-state index contributed by atoms with van der Waals surface area (Å²) in [4.78, 5) is 28.4. The highest BCUT2D eigenvalue weighted by atomic mass is 16.5. The summed E-state index contributed by atoms with van der Waals surface area (Å²) >= 11 is 0. The van der Waals surface area contributed by atoms with Crippen molar-refractivity contribution in [3.8, 4) is 11.8 Å². The smallest absolute Gasteiger partial charge is 0.294 e. The van der Waals surface area contributed by atoms with E-state index in [0.29, 0.717) is 34.8 Å². The largest absolute Gasteiger partial charge is 0.503 e. The van der Waals surface area contributed by atoms with E-state index in [0.717, 1.165) is 11.8 Å². The van der Waals surface area contributed by atoms with Crippen LogP contribution in [0.4, 0.5) is 5.69 Å². The molecule has 0 radical (unpaired) electrons. The number of anilines is 1. The maximum atomic E-state index is 13.7. The van der Waals surface area contributed by atoms with Crippen LogP contribution >= 0.6 is 0 Å². The van der Waals surface area contributed by atoms with Crippen LogP contribution in [0.5, 0.6) is 5.75 Å². The Labute approximate surface area is 207 Å². The summed E-state index contributed by atoms with van der Waals surface area (Å²) in [6.07, 6.45) is 0.819. The van der Waals surface area contributed by atoms with Gasteiger partial charge < -0.3 is 14.3 Å². The van der Waals surface area contributed by atoms with Crippen LogP contribution in [0, 0.1) is 11.3 Å². The van der Waals surface area contributed by atoms with E-state index in [1.165, 1.54) is 4.90 Å². The van der Waals surface area contributed by atoms with Crippen LogP contribution in [0.2, 0.25) is 0 Å². The van der Waals surface area contributed by atoms with Gasteiger partial charge in [-0.25, -0.2) is 0 Å². The lowest BCUT2D eigenvalue weighted by atomic mass is 9.94. The number of para-hydroxylation sites is 1. The number of carbonyl (C=O) groups is 2. The van der Waals surface area contributed by atoms with E-state index in [1.54, 1.807) is 66.7 Å². The molecule has 4 aromatic rings. The molecule has 7 nitrogen and oxygen atoms in total. The van der Waals surface area contributed by atoms with Crippen molar-refractivity contribution in [1.29, 1.82) is 5.26 Å². The van der Waals surface area contributed by atoms with Gasteiger partial charge in [-0.1, -0.05) is 37.3 Å². The molecule has 1 aliphatic rings. The number of ether oxygens (including phenoxy) is 1. The number of hydrogen-bond acceptors (Lipinski definition) is 6. The van der Waals surface area contributed by atoms with Crippen LogP contribution in [0.15, 0.2) is 94.6 Å². The summed E-state index contributed by atoms with van der Waals surface area (Å²) in [6, 6.07) is 23.4. The Bertz CT molecular complexity index is 1510. The second kappa shape index (κ2) is 9.43. The van der Waals surface area contributed by atoms with Crippen molar-refractivity contribution in [2.24, 2.45) is 0 Å². The molecule has 0 bridgehead atoms. The van der Waals surface area contributed by atoms with E-state index in [4.69, 9.17) is 9.15 Å². The molecule has 0 spiro atoms. The van der Waals surface area contributed by atoms with E-state index in [-0.39, 0.29) is 11.3 Å². The highest BCUT2D eigenvalue weighted by Crippen LogP contribution is 2.43. The van der Waals surface area contributed by atoms with Crippen molar-refractivity contribution in [2.75, 3.05) is 11.5 Å². The van der Waals surface area contributed by atoms with Gasteiger partial charge in [0.25, 0.3) is 5.91 Å². The predicted molar refractivity (Wildman–Crippen MR) is 134 cm³/mol. The number of aliphatic hydroxyl groups is 1. The average molecular weight is 479 g/mol. The molecule has 1 aliphatic heterocycles. The highest BCUT2D eigenvalue weighted by Gasteiger charge is 2.45. The highest BCUT2D eigenvalue weighted by molar-refractivity contribution is 6.20. The minimum atomic E-state index is -0.934. The molecule has 0 saturated heterocycles. The Morgan fingerprint density at radius 2 is 1.86 bits per heavy atom. The maximum absolute atomic E-state index is 13.7. The Kier molecular flexibility index (Phi) is 6.01. The topological polar surface area (TPSA) is 104 Å². The second-order valence-electron chi connectivity index (χ2n) is 8.40. The van der Waals surface area contributed by atoms with Gasteiger partial charge in [0.05, 0.1) is 29.9 Å². The molecule has 1 atom stereocenters. The monoisotopic (exact) mass is 478 g/mol. The molecule has 5 rings (SSSR count). The molecule has 2 heterocycles. The summed E-state index contributed by atoms with van der Waals surface area (Å²) in [5.41, 5.74) is 1.89. The molecular formula is C29H22N2O5. The van der Waals surface area contributed by atoms with Gasteiger partial charge in [0.15, 0.2) is 11.5 Å². The second-order valence-corrected chi connectivity index (χ2v) is 8.40. The molecule has 1 aromatic heterocycles. The number of ketones is 1. The van der Waals surface area contributed by atoms with E-state index in [9.17, 15) is 20.0 Å². The first-order valence-electron chi connectivity index (χ1n) is 11.5. The summed E-state index contributed by atoms with van der Waals surface area (Å²) < 4.78 is 11.6. The van der Waals surface area contributed by atoms with E-state index >= 15 is 0 Å². The SMILES string of the molecule is CCCOc1cccc(C2C(C(=O)c3cc4ccccc4o3)=C(O)C(=O)N2c2ccc(C#N)cc2)c1. The van der Waals surface area contributed by atoms with Crippen molar-refractivity contribution < 1.29 is 23.8 Å². The van der Waals surface area contributed by atoms with Crippen LogP contribution in [0.1, 0.15) is 41.1 Å². The van der Waals surface area contributed by atoms with Gasteiger partial charge in [0, 0.05) is 11.1 Å². The Balaban J connectivity index is 1.64. The fraction of sp³-hybridized carbons (Fsp3) is 0.138. The van der Waals surface area contributed by atoms with Gasteiger partial charge in [0.1, 0.15) is 11.3 Å². The Hall–Kier alpha value is -4.83. The van der Waals surface area contributed by atoms with Gasteiger partial charge >= 0.3 is 0 Å². The Morgan fingerprint density at radius 1 is 1.08 bits per heavy atom.